The first-order valence-electron chi connectivity index (χ1n) is 10.2. The number of aliphatic carboxylic acids is 1. The van der Waals surface area contributed by atoms with Gasteiger partial charge in [0, 0.05) is 5.92 Å². The number of hydrogen-bond donors (Lipinski definition) is 2. The van der Waals surface area contributed by atoms with Crippen molar-refractivity contribution in [3.05, 3.63) is 29.8 Å². The molecule has 0 heterocycles. The van der Waals surface area contributed by atoms with Gasteiger partial charge in [-0.1, -0.05) is 37.8 Å². The van der Waals surface area contributed by atoms with Crippen molar-refractivity contribution in [1.82, 2.24) is 0 Å². The van der Waals surface area contributed by atoms with Crippen molar-refractivity contribution in [3.63, 3.8) is 0 Å². The Hall–Kier alpha value is -1.55. The predicted octanol–water partition coefficient (Wildman–Crippen LogP) is 4.76. The average molecular weight is 360 g/mol. The topological polar surface area (TPSA) is 66.8 Å². The van der Waals surface area contributed by atoms with Gasteiger partial charge in [-0.2, -0.15) is 0 Å². The van der Waals surface area contributed by atoms with Crippen molar-refractivity contribution in [2.45, 2.75) is 70.1 Å². The summed E-state index contributed by atoms with van der Waals surface area (Å²) in [6, 6.07) is 7.56. The molecule has 144 valence electrons. The van der Waals surface area contributed by atoms with Crippen LogP contribution in [0.25, 0.3) is 0 Å². The van der Waals surface area contributed by atoms with Gasteiger partial charge in [0.2, 0.25) is 0 Å². The maximum absolute atomic E-state index is 10.9. The minimum absolute atomic E-state index is 0.0547. The first-order valence-corrected chi connectivity index (χ1v) is 10.2. The van der Waals surface area contributed by atoms with Crippen LogP contribution in [-0.4, -0.2) is 29.4 Å². The molecule has 0 aliphatic heterocycles. The summed E-state index contributed by atoms with van der Waals surface area (Å²) < 4.78 is 6.05. The van der Waals surface area contributed by atoms with E-state index in [1.54, 1.807) is 0 Å². The van der Waals surface area contributed by atoms with Gasteiger partial charge in [-0.25, -0.2) is 0 Å². The highest BCUT2D eigenvalue weighted by atomic mass is 16.5. The number of aliphatic hydroxyl groups excluding tert-OH is 1. The lowest BCUT2D eigenvalue weighted by Gasteiger charge is -2.43. The van der Waals surface area contributed by atoms with Gasteiger partial charge in [0.25, 0.3) is 0 Å². The quantitative estimate of drug-likeness (QED) is 0.736. The fourth-order valence-electron chi connectivity index (χ4n) is 5.03. The predicted molar refractivity (Wildman–Crippen MR) is 101 cm³/mol. The molecule has 2 atom stereocenters. The van der Waals surface area contributed by atoms with Gasteiger partial charge in [-0.05, 0) is 61.1 Å². The fourth-order valence-corrected chi connectivity index (χ4v) is 5.03. The highest BCUT2D eigenvalue weighted by Crippen LogP contribution is 2.49. The average Bonchev–Trinajstić information content (AvgIpc) is 2.65. The lowest BCUT2D eigenvalue weighted by molar-refractivity contribution is -0.137. The molecule has 0 radical (unpaired) electrons. The maximum atomic E-state index is 10.9. The van der Waals surface area contributed by atoms with Crippen molar-refractivity contribution in [2.75, 3.05) is 13.2 Å². The Morgan fingerprint density at radius 3 is 2.46 bits per heavy atom. The molecule has 4 nitrogen and oxygen atoms in total. The van der Waals surface area contributed by atoms with Crippen LogP contribution < -0.4 is 4.74 Å². The monoisotopic (exact) mass is 360 g/mol. The van der Waals surface area contributed by atoms with Crippen LogP contribution in [0, 0.1) is 11.3 Å². The Morgan fingerprint density at radius 2 is 1.81 bits per heavy atom. The molecule has 2 N–H and O–H groups in total. The Balaban J connectivity index is 1.52. The van der Waals surface area contributed by atoms with E-state index in [0.717, 1.165) is 17.9 Å². The molecule has 1 aromatic carbocycles. The second-order valence-corrected chi connectivity index (χ2v) is 8.38. The molecule has 2 aliphatic rings. The zero-order chi connectivity index (χ0) is 18.4. The summed E-state index contributed by atoms with van der Waals surface area (Å²) in [5, 5.41) is 18.3. The van der Waals surface area contributed by atoms with Crippen LogP contribution in [0.15, 0.2) is 24.3 Å². The minimum Gasteiger partial charge on any atom is -0.493 e. The van der Waals surface area contributed by atoms with Gasteiger partial charge in [0.15, 0.2) is 0 Å². The first kappa shape index (κ1) is 19.2. The molecule has 2 saturated carbocycles. The van der Waals surface area contributed by atoms with Crippen LogP contribution in [0.2, 0.25) is 0 Å². The van der Waals surface area contributed by atoms with Crippen LogP contribution in [0.3, 0.4) is 0 Å². The number of benzene rings is 1. The third kappa shape index (κ3) is 5.00. The summed E-state index contributed by atoms with van der Waals surface area (Å²) in [4.78, 5) is 10.9. The molecule has 1 aromatic rings. The molecule has 3 rings (SSSR count). The van der Waals surface area contributed by atoms with E-state index < -0.39 is 5.97 Å². The molecule has 2 unspecified atom stereocenters. The Bertz CT molecular complexity index is 569. The smallest absolute Gasteiger partial charge is 0.304 e. The maximum Gasteiger partial charge on any atom is 0.304 e. The Kier molecular flexibility index (Phi) is 6.58. The molecule has 0 aromatic heterocycles. The molecule has 0 bridgehead atoms. The fraction of sp³-hybridized carbons (Fsp3) is 0.682. The standard InChI is InChI=1S/C22H32O4/c23-15-19(13-21(24)25)18-6-8-20(9-7-18)26-16-17-5-4-12-22(14-17)10-2-1-3-11-22/h6-9,17,19,23H,1-5,10-16H2,(H,24,25). The van der Waals surface area contributed by atoms with Gasteiger partial charge in [-0.15, -0.1) is 0 Å². The van der Waals surface area contributed by atoms with Gasteiger partial charge >= 0.3 is 5.97 Å². The number of aliphatic hydroxyl groups is 1. The van der Waals surface area contributed by atoms with Crippen molar-refractivity contribution in [2.24, 2.45) is 11.3 Å². The van der Waals surface area contributed by atoms with Crippen LogP contribution >= 0.6 is 0 Å². The van der Waals surface area contributed by atoms with Crippen LogP contribution in [0.1, 0.15) is 75.7 Å². The van der Waals surface area contributed by atoms with E-state index in [4.69, 9.17) is 9.84 Å². The van der Waals surface area contributed by atoms with E-state index >= 15 is 0 Å². The summed E-state index contributed by atoms with van der Waals surface area (Å²) >= 11 is 0. The molecular weight excluding hydrogens is 328 g/mol. The second kappa shape index (κ2) is 8.90. The third-order valence-corrected chi connectivity index (χ3v) is 6.43. The van der Waals surface area contributed by atoms with Crippen molar-refractivity contribution in [1.29, 1.82) is 0 Å². The van der Waals surface area contributed by atoms with Gasteiger partial charge in [-0.3, -0.25) is 4.79 Å². The van der Waals surface area contributed by atoms with E-state index in [0.29, 0.717) is 11.3 Å². The normalized spacial score (nSPS) is 23.5. The van der Waals surface area contributed by atoms with Crippen LogP contribution in [-0.2, 0) is 4.79 Å². The molecule has 0 saturated heterocycles. The number of carboxylic acid groups (broad SMARTS) is 1. The second-order valence-electron chi connectivity index (χ2n) is 8.38. The summed E-state index contributed by atoms with van der Waals surface area (Å²) in [5.41, 5.74) is 1.45. The molecule has 26 heavy (non-hydrogen) atoms. The summed E-state index contributed by atoms with van der Waals surface area (Å²) in [7, 11) is 0. The third-order valence-electron chi connectivity index (χ3n) is 6.43. The molecule has 1 spiro atoms. The first-order chi connectivity index (χ1) is 12.6. The van der Waals surface area contributed by atoms with Crippen LogP contribution in [0.5, 0.6) is 5.75 Å². The van der Waals surface area contributed by atoms with Gasteiger partial charge in [0.05, 0.1) is 19.6 Å². The number of carbonyl (C=O) groups is 1. The van der Waals surface area contributed by atoms with Crippen molar-refractivity contribution in [3.8, 4) is 5.75 Å². The van der Waals surface area contributed by atoms with Crippen molar-refractivity contribution < 1.29 is 19.7 Å². The highest BCUT2D eigenvalue weighted by molar-refractivity contribution is 5.68. The summed E-state index contributed by atoms with van der Waals surface area (Å²) in [5.74, 6) is 0.243. The molecule has 2 fully saturated rings. The Labute approximate surface area is 156 Å². The van der Waals surface area contributed by atoms with Gasteiger partial charge in [0.1, 0.15) is 5.75 Å². The molecule has 4 heteroatoms. The SMILES string of the molecule is O=C(O)CC(CO)c1ccc(OCC2CCCC3(CCCCC3)C2)cc1. The zero-order valence-corrected chi connectivity index (χ0v) is 15.7. The minimum atomic E-state index is -0.890. The van der Waals surface area contributed by atoms with Gasteiger partial charge < -0.3 is 14.9 Å². The number of hydrogen-bond acceptors (Lipinski definition) is 3. The molecular formula is C22H32O4. The number of ether oxygens (including phenoxy) is 1. The van der Waals surface area contributed by atoms with Crippen molar-refractivity contribution >= 4 is 5.97 Å². The summed E-state index contributed by atoms with van der Waals surface area (Å²) in [6.45, 7) is 0.621. The number of rotatable bonds is 7. The van der Waals surface area contributed by atoms with E-state index in [2.05, 4.69) is 0 Å². The molecule has 2 aliphatic carbocycles. The zero-order valence-electron chi connectivity index (χ0n) is 15.7. The Morgan fingerprint density at radius 1 is 1.12 bits per heavy atom. The van der Waals surface area contributed by atoms with E-state index in [9.17, 15) is 9.90 Å². The van der Waals surface area contributed by atoms with Crippen LogP contribution in [0.4, 0.5) is 0 Å². The van der Waals surface area contributed by atoms with E-state index in [1.165, 1.54) is 57.8 Å². The lowest BCUT2D eigenvalue weighted by Crippen LogP contribution is -2.33. The molecule has 0 amide bonds. The van der Waals surface area contributed by atoms with E-state index in [-0.39, 0.29) is 18.9 Å². The lowest BCUT2D eigenvalue weighted by atomic mass is 9.63. The largest absolute Gasteiger partial charge is 0.493 e. The van der Waals surface area contributed by atoms with E-state index in [1.807, 2.05) is 24.3 Å². The summed E-state index contributed by atoms with van der Waals surface area (Å²) in [6.07, 6.45) is 12.3. The number of carboxylic acids is 1. The highest BCUT2D eigenvalue weighted by Gasteiger charge is 2.37.